The maximum absolute atomic E-state index is 12.7. The minimum Gasteiger partial charge on any atom is -0.307 e. The van der Waals surface area contributed by atoms with Crippen LogP contribution < -0.4 is 10.2 Å². The summed E-state index contributed by atoms with van der Waals surface area (Å²) in [6, 6.07) is 10.00. The van der Waals surface area contributed by atoms with Crippen molar-refractivity contribution >= 4 is 22.5 Å². The quantitative estimate of drug-likeness (QED) is 0.875. The third-order valence-corrected chi connectivity index (χ3v) is 3.87. The summed E-state index contributed by atoms with van der Waals surface area (Å²) < 4.78 is 0. The maximum atomic E-state index is 12.7. The highest BCUT2D eigenvalue weighted by Gasteiger charge is 2.43. The second-order valence-electron chi connectivity index (χ2n) is 6.91. The van der Waals surface area contributed by atoms with Gasteiger partial charge >= 0.3 is 0 Å². The van der Waals surface area contributed by atoms with E-state index in [2.05, 4.69) is 24.1 Å². The van der Waals surface area contributed by atoms with Crippen molar-refractivity contribution in [3.8, 4) is 0 Å². The van der Waals surface area contributed by atoms with E-state index in [9.17, 15) is 4.79 Å². The molecule has 0 saturated carbocycles. The Bertz CT molecular complexity index is 706. The monoisotopic (exact) mass is 283 g/mol. The van der Waals surface area contributed by atoms with Gasteiger partial charge < -0.3 is 4.90 Å². The summed E-state index contributed by atoms with van der Waals surface area (Å²) in [5.41, 5.74) is 1.10. The molecule has 2 aromatic rings. The SMILES string of the molecule is CC1(C)CN(c2cnc3ccccc3c2)C(=O)C(C)(C)N1. The average molecular weight is 283 g/mol. The molecule has 1 aliphatic heterocycles. The number of pyridine rings is 1. The molecule has 1 amide bonds. The van der Waals surface area contributed by atoms with Gasteiger partial charge in [0.25, 0.3) is 0 Å². The zero-order valence-corrected chi connectivity index (χ0v) is 13.0. The van der Waals surface area contributed by atoms with Crippen LogP contribution in [0.1, 0.15) is 27.7 Å². The standard InChI is InChI=1S/C17H21N3O/c1-16(2)11-20(15(21)17(3,4)19-16)13-9-12-7-5-6-8-14(12)18-10-13/h5-10,19H,11H2,1-4H3. The van der Waals surface area contributed by atoms with E-state index < -0.39 is 5.54 Å². The molecule has 1 aromatic heterocycles. The summed E-state index contributed by atoms with van der Waals surface area (Å²) in [6.45, 7) is 8.72. The second kappa shape index (κ2) is 4.53. The van der Waals surface area contributed by atoms with Crippen molar-refractivity contribution in [2.45, 2.75) is 38.8 Å². The molecule has 1 N–H and O–H groups in total. The normalized spacial score (nSPS) is 20.8. The fourth-order valence-corrected chi connectivity index (χ4v) is 3.16. The first-order valence-electron chi connectivity index (χ1n) is 7.25. The number of hydrogen-bond acceptors (Lipinski definition) is 3. The van der Waals surface area contributed by atoms with E-state index in [-0.39, 0.29) is 11.4 Å². The van der Waals surface area contributed by atoms with E-state index in [1.54, 1.807) is 6.20 Å². The molecule has 110 valence electrons. The van der Waals surface area contributed by atoms with E-state index in [1.165, 1.54) is 0 Å². The molecule has 4 nitrogen and oxygen atoms in total. The molecule has 0 spiro atoms. The molecular formula is C17H21N3O. The number of piperazine rings is 1. The Balaban J connectivity index is 2.05. The molecule has 3 rings (SSSR count). The number of nitrogens with zero attached hydrogens (tertiary/aromatic N) is 2. The van der Waals surface area contributed by atoms with Crippen molar-refractivity contribution in [1.82, 2.24) is 10.3 Å². The number of nitrogens with one attached hydrogen (secondary N) is 1. The molecule has 1 aromatic carbocycles. The predicted octanol–water partition coefficient (Wildman–Crippen LogP) is 2.73. The molecule has 4 heteroatoms. The summed E-state index contributed by atoms with van der Waals surface area (Å²) >= 11 is 0. The highest BCUT2D eigenvalue weighted by Crippen LogP contribution is 2.28. The van der Waals surface area contributed by atoms with Gasteiger partial charge in [-0.2, -0.15) is 0 Å². The van der Waals surface area contributed by atoms with Crippen molar-refractivity contribution in [2.24, 2.45) is 0 Å². The number of benzene rings is 1. The topological polar surface area (TPSA) is 45.2 Å². The van der Waals surface area contributed by atoms with Crippen molar-refractivity contribution in [3.05, 3.63) is 36.5 Å². The number of carbonyl (C=O) groups is 1. The molecule has 21 heavy (non-hydrogen) atoms. The number of hydrogen-bond donors (Lipinski definition) is 1. The Morgan fingerprint density at radius 3 is 2.67 bits per heavy atom. The first-order valence-corrected chi connectivity index (χ1v) is 7.25. The van der Waals surface area contributed by atoms with E-state index in [4.69, 9.17) is 0 Å². The van der Waals surface area contributed by atoms with E-state index in [0.717, 1.165) is 16.6 Å². The number of aromatic nitrogens is 1. The third-order valence-electron chi connectivity index (χ3n) is 3.87. The van der Waals surface area contributed by atoms with Gasteiger partial charge in [-0.15, -0.1) is 0 Å². The Kier molecular flexibility index (Phi) is 3.02. The lowest BCUT2D eigenvalue weighted by Gasteiger charge is -2.47. The minimum atomic E-state index is -0.576. The van der Waals surface area contributed by atoms with Gasteiger partial charge in [-0.25, -0.2) is 0 Å². The van der Waals surface area contributed by atoms with Gasteiger partial charge in [0.05, 0.1) is 22.9 Å². The zero-order chi connectivity index (χ0) is 15.3. The molecule has 0 bridgehead atoms. The molecule has 1 saturated heterocycles. The summed E-state index contributed by atoms with van der Waals surface area (Å²) in [5.74, 6) is 0.0823. The van der Waals surface area contributed by atoms with Crippen LogP contribution in [0.2, 0.25) is 0 Å². The van der Waals surface area contributed by atoms with E-state index in [0.29, 0.717) is 6.54 Å². The van der Waals surface area contributed by atoms with Crippen molar-refractivity contribution < 1.29 is 4.79 Å². The van der Waals surface area contributed by atoms with Gasteiger partial charge in [0.1, 0.15) is 0 Å². The average Bonchev–Trinajstić information content (AvgIpc) is 2.41. The molecule has 0 atom stereocenters. The van der Waals surface area contributed by atoms with Crippen LogP contribution >= 0.6 is 0 Å². The van der Waals surface area contributed by atoms with Gasteiger partial charge in [-0.3, -0.25) is 15.1 Å². The summed E-state index contributed by atoms with van der Waals surface area (Å²) in [5, 5.41) is 4.46. The van der Waals surface area contributed by atoms with Crippen LogP contribution in [-0.2, 0) is 4.79 Å². The number of anilines is 1. The number of carbonyl (C=O) groups excluding carboxylic acids is 1. The van der Waals surface area contributed by atoms with Crippen molar-refractivity contribution in [1.29, 1.82) is 0 Å². The van der Waals surface area contributed by atoms with Crippen LogP contribution in [0.4, 0.5) is 5.69 Å². The van der Waals surface area contributed by atoms with Gasteiger partial charge in [-0.05, 0) is 39.8 Å². The number of fused-ring (bicyclic) bond motifs is 1. The lowest BCUT2D eigenvalue weighted by atomic mass is 9.90. The molecular weight excluding hydrogens is 262 g/mol. The third kappa shape index (κ3) is 2.51. The largest absolute Gasteiger partial charge is 0.307 e. The van der Waals surface area contributed by atoms with Crippen LogP contribution in [0.3, 0.4) is 0 Å². The fraction of sp³-hybridized carbons (Fsp3) is 0.412. The van der Waals surface area contributed by atoms with Crippen LogP contribution in [0.25, 0.3) is 10.9 Å². The second-order valence-corrected chi connectivity index (χ2v) is 6.91. The smallest absolute Gasteiger partial charge is 0.246 e. The van der Waals surface area contributed by atoms with Crippen LogP contribution in [0, 0.1) is 0 Å². The lowest BCUT2D eigenvalue weighted by molar-refractivity contribution is -0.126. The molecule has 1 aliphatic rings. The Morgan fingerprint density at radius 1 is 1.19 bits per heavy atom. The maximum Gasteiger partial charge on any atom is 0.246 e. The van der Waals surface area contributed by atoms with Crippen molar-refractivity contribution in [2.75, 3.05) is 11.4 Å². The highest BCUT2D eigenvalue weighted by atomic mass is 16.2. The van der Waals surface area contributed by atoms with Crippen LogP contribution in [-0.4, -0.2) is 28.5 Å². The molecule has 0 unspecified atom stereocenters. The molecule has 1 fully saturated rings. The first kappa shape index (κ1) is 14.0. The van der Waals surface area contributed by atoms with Gasteiger partial charge in [-0.1, -0.05) is 18.2 Å². The first-order chi connectivity index (χ1) is 9.78. The molecule has 0 radical (unpaired) electrons. The summed E-state index contributed by atoms with van der Waals surface area (Å²) in [7, 11) is 0. The van der Waals surface area contributed by atoms with Crippen molar-refractivity contribution in [3.63, 3.8) is 0 Å². The Hall–Kier alpha value is -1.94. The highest BCUT2D eigenvalue weighted by molar-refractivity contribution is 6.01. The lowest BCUT2D eigenvalue weighted by Crippen LogP contribution is -2.70. The molecule has 2 heterocycles. The molecule has 0 aliphatic carbocycles. The summed E-state index contributed by atoms with van der Waals surface area (Å²) in [6.07, 6.45) is 1.79. The van der Waals surface area contributed by atoms with Crippen LogP contribution in [0.5, 0.6) is 0 Å². The number of rotatable bonds is 1. The van der Waals surface area contributed by atoms with Gasteiger partial charge in [0.2, 0.25) is 5.91 Å². The van der Waals surface area contributed by atoms with E-state index >= 15 is 0 Å². The minimum absolute atomic E-state index is 0.0823. The Morgan fingerprint density at radius 2 is 1.90 bits per heavy atom. The van der Waals surface area contributed by atoms with Crippen LogP contribution in [0.15, 0.2) is 36.5 Å². The van der Waals surface area contributed by atoms with E-state index in [1.807, 2.05) is 49.1 Å². The summed E-state index contributed by atoms with van der Waals surface area (Å²) in [4.78, 5) is 19.0. The van der Waals surface area contributed by atoms with Gasteiger partial charge in [0, 0.05) is 17.5 Å². The number of para-hydroxylation sites is 1. The zero-order valence-electron chi connectivity index (χ0n) is 13.0. The fourth-order valence-electron chi connectivity index (χ4n) is 3.16. The van der Waals surface area contributed by atoms with Gasteiger partial charge in [0.15, 0.2) is 0 Å². The number of amides is 1. The Labute approximate surface area is 125 Å². The predicted molar refractivity (Wildman–Crippen MR) is 85.4 cm³/mol.